The molecule has 3 fully saturated rings. The topological polar surface area (TPSA) is 32.3 Å². The fourth-order valence-electron chi connectivity index (χ4n) is 4.41. The van der Waals surface area contributed by atoms with Gasteiger partial charge < -0.3 is 4.90 Å². The highest BCUT2D eigenvalue weighted by Crippen LogP contribution is 2.48. The molecule has 2 aliphatic carbocycles. The van der Waals surface area contributed by atoms with Gasteiger partial charge in [-0.2, -0.15) is 0 Å². The Bertz CT molecular complexity index is 341. The minimum Gasteiger partial charge on any atom is -0.325 e. The summed E-state index contributed by atoms with van der Waals surface area (Å²) >= 11 is 0. The van der Waals surface area contributed by atoms with Gasteiger partial charge in [-0.15, -0.1) is 0 Å². The lowest BCUT2D eigenvalue weighted by Crippen LogP contribution is -2.44. The smallest absolute Gasteiger partial charge is 0.240 e. The second-order valence-electron chi connectivity index (χ2n) is 7.00. The molecule has 1 N–H and O–H groups in total. The van der Waals surface area contributed by atoms with Crippen molar-refractivity contribution in [2.45, 2.75) is 58.7 Å². The number of fused-ring (bicyclic) bond motifs is 2. The van der Waals surface area contributed by atoms with Gasteiger partial charge in [0.25, 0.3) is 0 Å². The number of hydrogen-bond donors (Lipinski definition) is 1. The first-order valence-corrected chi connectivity index (χ1v) is 7.62. The van der Waals surface area contributed by atoms with Crippen LogP contribution < -0.4 is 5.32 Å². The van der Waals surface area contributed by atoms with E-state index in [0.717, 1.165) is 24.3 Å². The maximum Gasteiger partial charge on any atom is 0.240 e. The van der Waals surface area contributed by atoms with Crippen LogP contribution >= 0.6 is 0 Å². The van der Waals surface area contributed by atoms with E-state index in [9.17, 15) is 4.79 Å². The summed E-state index contributed by atoms with van der Waals surface area (Å²) in [4.78, 5) is 14.4. The zero-order valence-electron chi connectivity index (χ0n) is 11.9. The number of nitrogens with zero attached hydrogens (tertiary/aromatic N) is 1. The Hall–Kier alpha value is -0.570. The molecular formula is C15H26N2O. The molecular weight excluding hydrogens is 224 g/mol. The monoisotopic (exact) mass is 250 g/mol. The largest absolute Gasteiger partial charge is 0.325 e. The van der Waals surface area contributed by atoms with Crippen molar-refractivity contribution in [2.24, 2.45) is 23.7 Å². The van der Waals surface area contributed by atoms with Crippen LogP contribution in [0.15, 0.2) is 0 Å². The molecule has 1 aliphatic heterocycles. The molecule has 0 radical (unpaired) electrons. The Labute approximate surface area is 110 Å². The number of nitrogens with one attached hydrogen (secondary N) is 1. The van der Waals surface area contributed by atoms with E-state index in [4.69, 9.17) is 0 Å². The Morgan fingerprint density at radius 2 is 2.11 bits per heavy atom. The third-order valence-electron chi connectivity index (χ3n) is 5.36. The summed E-state index contributed by atoms with van der Waals surface area (Å²) in [5.74, 6) is 3.47. The zero-order chi connectivity index (χ0) is 12.9. The number of carbonyl (C=O) groups excluding carboxylic acids is 1. The lowest BCUT2D eigenvalue weighted by molar-refractivity contribution is -0.131. The molecule has 0 aromatic heterocycles. The molecule has 2 bridgehead atoms. The van der Waals surface area contributed by atoms with Gasteiger partial charge in [0.2, 0.25) is 5.91 Å². The Morgan fingerprint density at radius 1 is 1.33 bits per heavy atom. The molecule has 3 rings (SSSR count). The van der Waals surface area contributed by atoms with Crippen LogP contribution in [0.25, 0.3) is 0 Å². The molecule has 5 atom stereocenters. The second-order valence-corrected chi connectivity index (χ2v) is 7.00. The van der Waals surface area contributed by atoms with Gasteiger partial charge in [0.1, 0.15) is 0 Å². The van der Waals surface area contributed by atoms with Gasteiger partial charge in [-0.1, -0.05) is 20.3 Å². The molecule has 0 spiro atoms. The molecule has 18 heavy (non-hydrogen) atoms. The summed E-state index contributed by atoms with van der Waals surface area (Å²) in [5, 5.41) is 3.45. The van der Waals surface area contributed by atoms with Crippen molar-refractivity contribution in [1.82, 2.24) is 10.2 Å². The highest BCUT2D eigenvalue weighted by atomic mass is 16.2. The molecule has 0 aromatic carbocycles. The SMILES string of the molecule is CC1NC(C(C)C)N(CC2CC3CCC2C3)C1=O. The van der Waals surface area contributed by atoms with E-state index in [0.29, 0.717) is 11.8 Å². The minimum atomic E-state index is 0.0102. The van der Waals surface area contributed by atoms with E-state index in [1.54, 1.807) is 0 Å². The van der Waals surface area contributed by atoms with Gasteiger partial charge >= 0.3 is 0 Å². The van der Waals surface area contributed by atoms with Crippen LogP contribution in [0, 0.1) is 23.7 Å². The van der Waals surface area contributed by atoms with E-state index in [2.05, 4.69) is 24.1 Å². The first-order valence-electron chi connectivity index (χ1n) is 7.62. The average molecular weight is 250 g/mol. The minimum absolute atomic E-state index is 0.0102. The third kappa shape index (κ3) is 1.97. The van der Waals surface area contributed by atoms with Crippen LogP contribution in [0.5, 0.6) is 0 Å². The van der Waals surface area contributed by atoms with Crippen LogP contribution in [0.4, 0.5) is 0 Å². The maximum atomic E-state index is 12.3. The van der Waals surface area contributed by atoms with E-state index < -0.39 is 0 Å². The van der Waals surface area contributed by atoms with Crippen LogP contribution in [0.1, 0.15) is 46.5 Å². The highest BCUT2D eigenvalue weighted by Gasteiger charge is 2.44. The van der Waals surface area contributed by atoms with Crippen molar-refractivity contribution in [3.8, 4) is 0 Å². The molecule has 0 aromatic rings. The number of rotatable bonds is 3. The Balaban J connectivity index is 1.68. The Morgan fingerprint density at radius 3 is 2.67 bits per heavy atom. The van der Waals surface area contributed by atoms with Crippen LogP contribution in [0.2, 0.25) is 0 Å². The van der Waals surface area contributed by atoms with Crippen molar-refractivity contribution in [3.63, 3.8) is 0 Å². The molecule has 1 saturated heterocycles. The van der Waals surface area contributed by atoms with Gasteiger partial charge in [-0.3, -0.25) is 10.1 Å². The molecule has 102 valence electrons. The van der Waals surface area contributed by atoms with Crippen LogP contribution in [-0.2, 0) is 4.79 Å². The van der Waals surface area contributed by atoms with Crippen molar-refractivity contribution < 1.29 is 4.79 Å². The standard InChI is InChI=1S/C15H26N2O/c1-9(2)14-16-10(3)15(18)17(14)8-13-7-11-4-5-12(13)6-11/h9-14,16H,4-8H2,1-3H3. The van der Waals surface area contributed by atoms with E-state index in [1.165, 1.54) is 25.7 Å². The average Bonchev–Trinajstić information content (AvgIpc) is 2.99. The fraction of sp³-hybridized carbons (Fsp3) is 0.933. The van der Waals surface area contributed by atoms with Gasteiger partial charge in [0, 0.05) is 6.54 Å². The lowest BCUT2D eigenvalue weighted by Gasteiger charge is -2.32. The van der Waals surface area contributed by atoms with Crippen molar-refractivity contribution in [1.29, 1.82) is 0 Å². The predicted molar refractivity (Wildman–Crippen MR) is 71.9 cm³/mol. The second kappa shape index (κ2) is 4.52. The normalized spacial score (nSPS) is 43.4. The lowest BCUT2D eigenvalue weighted by atomic mass is 9.88. The first kappa shape index (κ1) is 12.5. The molecule has 3 nitrogen and oxygen atoms in total. The molecule has 1 amide bonds. The first-order chi connectivity index (χ1) is 8.56. The quantitative estimate of drug-likeness (QED) is 0.833. The summed E-state index contributed by atoms with van der Waals surface area (Å²) in [6.45, 7) is 7.41. The number of amides is 1. The van der Waals surface area contributed by atoms with Crippen molar-refractivity contribution >= 4 is 5.91 Å². The zero-order valence-corrected chi connectivity index (χ0v) is 11.9. The molecule has 3 aliphatic rings. The van der Waals surface area contributed by atoms with E-state index in [-0.39, 0.29) is 12.2 Å². The third-order valence-corrected chi connectivity index (χ3v) is 5.36. The fourth-order valence-corrected chi connectivity index (χ4v) is 4.41. The number of hydrogen-bond acceptors (Lipinski definition) is 2. The molecule has 1 heterocycles. The summed E-state index contributed by atoms with van der Waals surface area (Å²) in [5.41, 5.74) is 0. The number of carbonyl (C=O) groups is 1. The van der Waals surface area contributed by atoms with Gasteiger partial charge in [-0.25, -0.2) is 0 Å². The summed E-state index contributed by atoms with van der Waals surface area (Å²) in [7, 11) is 0. The molecule has 2 saturated carbocycles. The molecule has 5 unspecified atom stereocenters. The van der Waals surface area contributed by atoms with Crippen molar-refractivity contribution in [3.05, 3.63) is 0 Å². The van der Waals surface area contributed by atoms with Crippen LogP contribution in [0.3, 0.4) is 0 Å². The summed E-state index contributed by atoms with van der Waals surface area (Å²) in [6, 6.07) is 0.0102. The van der Waals surface area contributed by atoms with Gasteiger partial charge in [0.15, 0.2) is 0 Å². The summed E-state index contributed by atoms with van der Waals surface area (Å²) in [6.07, 6.45) is 5.91. The molecule has 3 heteroatoms. The van der Waals surface area contributed by atoms with Crippen molar-refractivity contribution in [2.75, 3.05) is 6.54 Å². The van der Waals surface area contributed by atoms with Gasteiger partial charge in [0.05, 0.1) is 12.2 Å². The van der Waals surface area contributed by atoms with E-state index in [1.807, 2.05) is 6.92 Å². The van der Waals surface area contributed by atoms with Gasteiger partial charge in [-0.05, 0) is 49.9 Å². The Kier molecular flexibility index (Phi) is 3.13. The van der Waals surface area contributed by atoms with Crippen LogP contribution in [-0.4, -0.2) is 29.6 Å². The highest BCUT2D eigenvalue weighted by molar-refractivity contribution is 5.83. The van der Waals surface area contributed by atoms with E-state index >= 15 is 0 Å². The summed E-state index contributed by atoms with van der Waals surface area (Å²) < 4.78 is 0. The predicted octanol–water partition coefficient (Wildman–Crippen LogP) is 2.23. The maximum absolute atomic E-state index is 12.3.